The van der Waals surface area contributed by atoms with Gasteiger partial charge in [-0.15, -0.1) is 0 Å². The summed E-state index contributed by atoms with van der Waals surface area (Å²) in [6.07, 6.45) is 9.18. The molecule has 0 fully saturated rings. The fourth-order valence-electron chi connectivity index (χ4n) is 14.9. The van der Waals surface area contributed by atoms with E-state index >= 15 is 0 Å². The molecule has 2 aromatic heterocycles. The van der Waals surface area contributed by atoms with E-state index in [1.807, 2.05) is 0 Å². The second-order valence-corrected chi connectivity index (χ2v) is 26.2. The Morgan fingerprint density at radius 2 is 0.702 bits per heavy atom. The minimum absolute atomic E-state index is 0.00842. The molecule has 0 unspecified atom stereocenters. The Labute approximate surface area is 493 Å². The summed E-state index contributed by atoms with van der Waals surface area (Å²) < 4.78 is 5.01. The Kier molecular flexibility index (Phi) is 11.6. The molecule has 2 aliphatic rings. The van der Waals surface area contributed by atoms with E-state index in [9.17, 15) is 0 Å². The standard InChI is InChI=1S/C80H70N4/c1-79(2,3)55-23-17-25-57(47-55)83-71-31-13-11-29-63(71)65-43-39-59(49-75(65)83)81(69-33-15-21-51-19-7-9-27-61(51)69)73-45-37-53-36-42-68-74(46-38-54-35-41-67(73)77(53)78(54)68)82(70-34-16-22-52-20-8-10-28-62(52)70)60-40-44-66-64-30-12-14-32-72(64)84(76(66)50-60)58-26-18-24-56(48-58)80(4,5)6/h11-18,21-26,29-50H,7-10,19-20,27-28H2,1-6H3. The smallest absolute Gasteiger partial charge is 0.0561 e. The number of benzene rings is 12. The Morgan fingerprint density at radius 1 is 0.310 bits per heavy atom. The molecule has 410 valence electrons. The first-order valence-corrected chi connectivity index (χ1v) is 30.8. The number of hydrogen-bond acceptors (Lipinski definition) is 2. The van der Waals surface area contributed by atoms with Crippen molar-refractivity contribution < 1.29 is 0 Å². The third kappa shape index (κ3) is 8.01. The number of para-hydroxylation sites is 2. The number of fused-ring (bicyclic) bond motifs is 8. The third-order valence-corrected chi connectivity index (χ3v) is 19.1. The highest BCUT2D eigenvalue weighted by molar-refractivity contribution is 6.28. The van der Waals surface area contributed by atoms with Gasteiger partial charge in [0.1, 0.15) is 0 Å². The lowest BCUT2D eigenvalue weighted by Crippen LogP contribution is -2.16. The molecule has 0 spiro atoms. The molecule has 0 N–H and O–H groups in total. The van der Waals surface area contributed by atoms with E-state index < -0.39 is 0 Å². The van der Waals surface area contributed by atoms with Crippen molar-refractivity contribution in [3.05, 3.63) is 252 Å². The molecule has 2 heterocycles. The largest absolute Gasteiger partial charge is 0.310 e. The average molecular weight is 1090 g/mol. The van der Waals surface area contributed by atoms with E-state index in [1.165, 1.54) is 169 Å². The zero-order valence-corrected chi connectivity index (χ0v) is 49.2. The van der Waals surface area contributed by atoms with Crippen molar-refractivity contribution in [2.45, 2.75) is 104 Å². The first-order valence-electron chi connectivity index (χ1n) is 30.8. The number of aromatic nitrogens is 2. The van der Waals surface area contributed by atoms with Gasteiger partial charge >= 0.3 is 0 Å². The molecule has 0 amide bonds. The molecule has 4 heteroatoms. The zero-order valence-electron chi connectivity index (χ0n) is 49.2. The summed E-state index contributed by atoms with van der Waals surface area (Å²) in [6, 6.07) is 84.2. The van der Waals surface area contributed by atoms with Gasteiger partial charge in [-0.3, -0.25) is 0 Å². The van der Waals surface area contributed by atoms with Crippen molar-refractivity contribution in [3.8, 4) is 11.4 Å². The molecule has 16 rings (SSSR count). The van der Waals surface area contributed by atoms with E-state index in [2.05, 4.69) is 279 Å². The van der Waals surface area contributed by atoms with E-state index in [4.69, 9.17) is 0 Å². The van der Waals surface area contributed by atoms with Crippen LogP contribution in [0.5, 0.6) is 0 Å². The van der Waals surface area contributed by atoms with Gasteiger partial charge in [-0.25, -0.2) is 0 Å². The second-order valence-electron chi connectivity index (χ2n) is 26.2. The highest BCUT2D eigenvalue weighted by Gasteiger charge is 2.29. The molecule has 0 bridgehead atoms. The normalized spacial score (nSPS) is 13.9. The van der Waals surface area contributed by atoms with Crippen molar-refractivity contribution >= 4 is 110 Å². The maximum Gasteiger partial charge on any atom is 0.0561 e. The van der Waals surface area contributed by atoms with Gasteiger partial charge in [0.05, 0.1) is 33.4 Å². The number of rotatable bonds is 8. The highest BCUT2D eigenvalue weighted by Crippen LogP contribution is 2.51. The summed E-state index contributed by atoms with van der Waals surface area (Å²) in [5.74, 6) is 0. The van der Waals surface area contributed by atoms with Crippen LogP contribution in [0.4, 0.5) is 34.1 Å². The summed E-state index contributed by atoms with van der Waals surface area (Å²) in [7, 11) is 0. The lowest BCUT2D eigenvalue weighted by molar-refractivity contribution is 0.589. The lowest BCUT2D eigenvalue weighted by atomic mass is 9.87. The van der Waals surface area contributed by atoms with Crippen LogP contribution in [0.3, 0.4) is 0 Å². The fraction of sp³-hybridized carbons (Fsp3) is 0.200. The molecule has 14 aromatic rings. The topological polar surface area (TPSA) is 16.3 Å². The molecule has 0 radical (unpaired) electrons. The number of anilines is 6. The molecule has 12 aromatic carbocycles. The van der Waals surface area contributed by atoms with Crippen molar-refractivity contribution in [1.29, 1.82) is 0 Å². The van der Waals surface area contributed by atoms with Gasteiger partial charge in [-0.1, -0.05) is 175 Å². The first kappa shape index (κ1) is 50.6. The van der Waals surface area contributed by atoms with Crippen molar-refractivity contribution in [2.75, 3.05) is 9.80 Å². The summed E-state index contributed by atoms with van der Waals surface area (Å²) in [6.45, 7) is 13.9. The molecular weight excluding hydrogens is 1020 g/mol. The van der Waals surface area contributed by atoms with Crippen LogP contribution in [0, 0.1) is 0 Å². The Bertz CT molecular complexity index is 4640. The van der Waals surface area contributed by atoms with Crippen LogP contribution in [-0.4, -0.2) is 9.13 Å². The van der Waals surface area contributed by atoms with Gasteiger partial charge in [-0.05, 0) is 202 Å². The van der Waals surface area contributed by atoms with Gasteiger partial charge < -0.3 is 18.9 Å². The molecule has 0 saturated heterocycles. The Hall–Kier alpha value is -9.12. The predicted molar refractivity (Wildman–Crippen MR) is 359 cm³/mol. The van der Waals surface area contributed by atoms with Crippen LogP contribution in [0.15, 0.2) is 218 Å². The molecular formula is C80H70N4. The van der Waals surface area contributed by atoms with Gasteiger partial charge in [0.25, 0.3) is 0 Å². The van der Waals surface area contributed by atoms with Gasteiger partial charge in [0, 0.05) is 66.4 Å². The number of nitrogens with zero attached hydrogens (tertiary/aromatic N) is 4. The Morgan fingerprint density at radius 3 is 1.15 bits per heavy atom. The molecule has 0 aliphatic heterocycles. The van der Waals surface area contributed by atoms with Crippen LogP contribution in [0.2, 0.25) is 0 Å². The van der Waals surface area contributed by atoms with Gasteiger partial charge in [0.15, 0.2) is 0 Å². The average Bonchev–Trinajstić information content (AvgIpc) is 3.21. The van der Waals surface area contributed by atoms with Crippen LogP contribution < -0.4 is 9.80 Å². The summed E-state index contributed by atoms with van der Waals surface area (Å²) in [4.78, 5) is 5.25. The molecule has 4 nitrogen and oxygen atoms in total. The summed E-state index contributed by atoms with van der Waals surface area (Å²) >= 11 is 0. The summed E-state index contributed by atoms with van der Waals surface area (Å²) in [5, 5.41) is 12.7. The molecule has 84 heavy (non-hydrogen) atoms. The minimum Gasteiger partial charge on any atom is -0.310 e. The predicted octanol–water partition coefficient (Wildman–Crippen LogP) is 22.1. The van der Waals surface area contributed by atoms with Crippen LogP contribution in [-0.2, 0) is 36.5 Å². The van der Waals surface area contributed by atoms with Crippen LogP contribution >= 0.6 is 0 Å². The summed E-state index contributed by atoms with van der Waals surface area (Å²) in [5.41, 5.74) is 23.0. The van der Waals surface area contributed by atoms with E-state index in [0.717, 1.165) is 37.1 Å². The van der Waals surface area contributed by atoms with Crippen molar-refractivity contribution in [3.63, 3.8) is 0 Å². The number of hydrogen-bond donors (Lipinski definition) is 0. The van der Waals surface area contributed by atoms with Crippen LogP contribution in [0.1, 0.15) is 101 Å². The third-order valence-electron chi connectivity index (χ3n) is 19.1. The molecule has 0 atom stereocenters. The second kappa shape index (κ2) is 19.2. The molecule has 2 aliphatic carbocycles. The lowest BCUT2D eigenvalue weighted by Gasteiger charge is -2.33. The molecule has 0 saturated carbocycles. The minimum atomic E-state index is 0.00842. The highest BCUT2D eigenvalue weighted by atomic mass is 15.2. The maximum atomic E-state index is 2.62. The first-order chi connectivity index (χ1) is 40.9. The fourth-order valence-corrected chi connectivity index (χ4v) is 14.9. The Balaban J connectivity index is 0.936. The quantitative estimate of drug-likeness (QED) is 0.141. The van der Waals surface area contributed by atoms with Crippen molar-refractivity contribution in [1.82, 2.24) is 9.13 Å². The van der Waals surface area contributed by atoms with Gasteiger partial charge in [-0.2, -0.15) is 0 Å². The van der Waals surface area contributed by atoms with E-state index in [0.29, 0.717) is 0 Å². The van der Waals surface area contributed by atoms with Gasteiger partial charge in [0.2, 0.25) is 0 Å². The monoisotopic (exact) mass is 1090 g/mol. The SMILES string of the molecule is CC(C)(C)c1cccc(-n2c3ccccc3c3ccc(N(c4cccc5c4CCCC5)c4ccc5ccc6c(N(c7ccc8c9ccccc9n(-c9cccc(C(C)(C)C)c9)c8c7)c7cccc8c7CCCC8)ccc7ccc4c5c76)cc32)c1. The van der Waals surface area contributed by atoms with Crippen LogP contribution in [0.25, 0.3) is 87.3 Å². The van der Waals surface area contributed by atoms with E-state index in [-0.39, 0.29) is 10.8 Å². The zero-order chi connectivity index (χ0) is 56.6. The van der Waals surface area contributed by atoms with E-state index in [1.54, 1.807) is 0 Å². The number of aryl methyl sites for hydroxylation is 2. The van der Waals surface area contributed by atoms with Crippen molar-refractivity contribution in [2.24, 2.45) is 0 Å². The maximum absolute atomic E-state index is 2.62.